The molecule has 0 spiro atoms. The third-order valence-corrected chi connectivity index (χ3v) is 4.07. The zero-order valence-electron chi connectivity index (χ0n) is 12.4. The third-order valence-electron chi connectivity index (χ3n) is 4.07. The van der Waals surface area contributed by atoms with Crippen LogP contribution in [0.25, 0.3) is 0 Å². The summed E-state index contributed by atoms with van der Waals surface area (Å²) in [6.45, 7) is 0. The molecule has 1 aliphatic rings. The van der Waals surface area contributed by atoms with Crippen LogP contribution in [0.2, 0.25) is 0 Å². The zero-order chi connectivity index (χ0) is 14.6. The first-order valence-corrected chi connectivity index (χ1v) is 6.90. The Morgan fingerprint density at radius 2 is 1.85 bits per heavy atom. The van der Waals surface area contributed by atoms with Crippen LogP contribution in [0, 0.1) is 0 Å². The van der Waals surface area contributed by atoms with E-state index in [4.69, 9.17) is 14.2 Å². The summed E-state index contributed by atoms with van der Waals surface area (Å²) in [5.74, 6) is 1.54. The lowest BCUT2D eigenvalue weighted by Gasteiger charge is -2.40. The van der Waals surface area contributed by atoms with Crippen molar-refractivity contribution in [3.05, 3.63) is 23.8 Å². The van der Waals surface area contributed by atoms with Crippen molar-refractivity contribution < 1.29 is 19.0 Å². The Kier molecular flexibility index (Phi) is 4.65. The standard InChI is InChI=1S/C16H22O4/c1-18-14-6-5-12(10-15(14)19-2)9-13(17)11-16(20-3)7-4-8-16/h5-6,10H,4,7-9,11H2,1-3H3. The number of carbonyl (C=O) groups excluding carboxylic acids is 1. The van der Waals surface area contributed by atoms with E-state index in [1.807, 2.05) is 18.2 Å². The summed E-state index contributed by atoms with van der Waals surface area (Å²) in [6, 6.07) is 5.59. The van der Waals surface area contributed by atoms with E-state index in [0.717, 1.165) is 24.8 Å². The molecular weight excluding hydrogens is 256 g/mol. The predicted molar refractivity (Wildman–Crippen MR) is 76.5 cm³/mol. The van der Waals surface area contributed by atoms with Gasteiger partial charge in [-0.3, -0.25) is 4.79 Å². The van der Waals surface area contributed by atoms with Crippen LogP contribution in [0.3, 0.4) is 0 Å². The van der Waals surface area contributed by atoms with Gasteiger partial charge in [0.25, 0.3) is 0 Å². The Morgan fingerprint density at radius 3 is 2.35 bits per heavy atom. The molecule has 1 aromatic carbocycles. The second-order valence-corrected chi connectivity index (χ2v) is 5.32. The van der Waals surface area contributed by atoms with Crippen molar-refractivity contribution in [2.45, 2.75) is 37.7 Å². The minimum Gasteiger partial charge on any atom is -0.493 e. The van der Waals surface area contributed by atoms with Gasteiger partial charge in [-0.15, -0.1) is 0 Å². The lowest BCUT2D eigenvalue weighted by molar-refractivity contribution is -0.131. The first kappa shape index (κ1) is 14.9. The van der Waals surface area contributed by atoms with Gasteiger partial charge in [0, 0.05) is 20.0 Å². The van der Waals surface area contributed by atoms with E-state index in [1.54, 1.807) is 21.3 Å². The summed E-state index contributed by atoms with van der Waals surface area (Å²) in [4.78, 5) is 12.2. The van der Waals surface area contributed by atoms with Gasteiger partial charge < -0.3 is 14.2 Å². The highest BCUT2D eigenvalue weighted by molar-refractivity contribution is 5.82. The maximum atomic E-state index is 12.2. The van der Waals surface area contributed by atoms with Crippen molar-refractivity contribution in [3.8, 4) is 11.5 Å². The fraction of sp³-hybridized carbons (Fsp3) is 0.562. The molecule has 0 bridgehead atoms. The number of hydrogen-bond donors (Lipinski definition) is 0. The SMILES string of the molecule is COc1ccc(CC(=O)CC2(OC)CCC2)cc1OC. The number of ketones is 1. The van der Waals surface area contributed by atoms with Gasteiger partial charge in [-0.2, -0.15) is 0 Å². The molecule has 4 heteroatoms. The van der Waals surface area contributed by atoms with Gasteiger partial charge in [0.2, 0.25) is 0 Å². The van der Waals surface area contributed by atoms with Crippen molar-refractivity contribution >= 4 is 5.78 Å². The van der Waals surface area contributed by atoms with Crippen LogP contribution in [0.5, 0.6) is 11.5 Å². The normalized spacial score (nSPS) is 16.4. The van der Waals surface area contributed by atoms with Gasteiger partial charge in [-0.05, 0) is 37.0 Å². The molecule has 0 radical (unpaired) electrons. The maximum absolute atomic E-state index is 12.2. The maximum Gasteiger partial charge on any atom is 0.161 e. The fourth-order valence-electron chi connectivity index (χ4n) is 2.66. The molecular formula is C16H22O4. The molecule has 2 rings (SSSR count). The minimum absolute atomic E-state index is 0.201. The minimum atomic E-state index is -0.201. The number of Topliss-reactive ketones (excluding diaryl/α,β-unsaturated/α-hetero) is 1. The molecule has 1 saturated carbocycles. The van der Waals surface area contributed by atoms with Crippen LogP contribution >= 0.6 is 0 Å². The first-order valence-electron chi connectivity index (χ1n) is 6.90. The summed E-state index contributed by atoms with van der Waals surface area (Å²) in [5.41, 5.74) is 0.742. The van der Waals surface area contributed by atoms with Gasteiger partial charge in [-0.1, -0.05) is 6.07 Å². The summed E-state index contributed by atoms with van der Waals surface area (Å²) in [6.07, 6.45) is 4.03. The van der Waals surface area contributed by atoms with Crippen LogP contribution in [0.15, 0.2) is 18.2 Å². The molecule has 0 heterocycles. The molecule has 1 aliphatic carbocycles. The molecule has 0 N–H and O–H groups in total. The van der Waals surface area contributed by atoms with Crippen LogP contribution in [-0.4, -0.2) is 32.7 Å². The highest BCUT2D eigenvalue weighted by atomic mass is 16.5. The summed E-state index contributed by atoms with van der Waals surface area (Å²) in [5, 5.41) is 0. The molecule has 0 aliphatic heterocycles. The number of methoxy groups -OCH3 is 3. The van der Waals surface area contributed by atoms with E-state index >= 15 is 0 Å². The fourth-order valence-corrected chi connectivity index (χ4v) is 2.66. The molecule has 20 heavy (non-hydrogen) atoms. The van der Waals surface area contributed by atoms with Crippen molar-refractivity contribution in [1.82, 2.24) is 0 Å². The van der Waals surface area contributed by atoms with Crippen molar-refractivity contribution in [2.24, 2.45) is 0 Å². The van der Waals surface area contributed by atoms with E-state index in [0.29, 0.717) is 24.3 Å². The lowest BCUT2D eigenvalue weighted by Crippen LogP contribution is -2.41. The van der Waals surface area contributed by atoms with Gasteiger partial charge >= 0.3 is 0 Å². The Balaban J connectivity index is 2.00. The third kappa shape index (κ3) is 3.12. The summed E-state index contributed by atoms with van der Waals surface area (Å²) < 4.78 is 15.9. The monoisotopic (exact) mass is 278 g/mol. The average molecular weight is 278 g/mol. The van der Waals surface area contributed by atoms with Gasteiger partial charge in [-0.25, -0.2) is 0 Å². The molecule has 110 valence electrons. The van der Waals surface area contributed by atoms with Crippen molar-refractivity contribution in [2.75, 3.05) is 21.3 Å². The van der Waals surface area contributed by atoms with E-state index in [-0.39, 0.29) is 11.4 Å². The van der Waals surface area contributed by atoms with Crippen LogP contribution in [0.1, 0.15) is 31.2 Å². The second-order valence-electron chi connectivity index (χ2n) is 5.32. The Bertz CT molecular complexity index is 472. The van der Waals surface area contributed by atoms with Crippen molar-refractivity contribution in [1.29, 1.82) is 0 Å². The molecule has 0 saturated heterocycles. The largest absolute Gasteiger partial charge is 0.493 e. The second kappa shape index (κ2) is 6.27. The number of benzene rings is 1. The lowest BCUT2D eigenvalue weighted by atomic mass is 9.76. The van der Waals surface area contributed by atoms with Crippen LogP contribution in [0.4, 0.5) is 0 Å². The average Bonchev–Trinajstić information content (AvgIpc) is 2.42. The van der Waals surface area contributed by atoms with E-state index in [2.05, 4.69) is 0 Å². The summed E-state index contributed by atoms with van der Waals surface area (Å²) in [7, 11) is 4.89. The van der Waals surface area contributed by atoms with Crippen molar-refractivity contribution in [3.63, 3.8) is 0 Å². The molecule has 4 nitrogen and oxygen atoms in total. The molecule has 0 unspecified atom stereocenters. The Labute approximate surface area is 120 Å². The quantitative estimate of drug-likeness (QED) is 0.769. The Hall–Kier alpha value is -1.55. The number of hydrogen-bond acceptors (Lipinski definition) is 4. The smallest absolute Gasteiger partial charge is 0.161 e. The topological polar surface area (TPSA) is 44.8 Å². The van der Waals surface area contributed by atoms with E-state index < -0.39 is 0 Å². The number of carbonyl (C=O) groups is 1. The molecule has 1 fully saturated rings. The summed E-state index contributed by atoms with van der Waals surface area (Å²) >= 11 is 0. The number of rotatable bonds is 7. The Morgan fingerprint density at radius 1 is 1.15 bits per heavy atom. The molecule has 0 amide bonds. The van der Waals surface area contributed by atoms with E-state index in [9.17, 15) is 4.79 Å². The predicted octanol–water partition coefficient (Wildman–Crippen LogP) is 2.77. The van der Waals surface area contributed by atoms with Gasteiger partial charge in [0.1, 0.15) is 5.78 Å². The van der Waals surface area contributed by atoms with E-state index in [1.165, 1.54) is 0 Å². The molecule has 0 aromatic heterocycles. The highest BCUT2D eigenvalue weighted by Crippen LogP contribution is 2.38. The van der Waals surface area contributed by atoms with Gasteiger partial charge in [0.15, 0.2) is 11.5 Å². The highest BCUT2D eigenvalue weighted by Gasteiger charge is 2.38. The van der Waals surface area contributed by atoms with Crippen LogP contribution < -0.4 is 9.47 Å². The first-order chi connectivity index (χ1) is 9.62. The molecule has 1 aromatic rings. The van der Waals surface area contributed by atoms with Crippen LogP contribution in [-0.2, 0) is 16.0 Å². The van der Waals surface area contributed by atoms with Gasteiger partial charge in [0.05, 0.1) is 19.8 Å². The molecule has 0 atom stereocenters. The zero-order valence-corrected chi connectivity index (χ0v) is 12.4. The number of ether oxygens (including phenoxy) is 3.